The third-order valence-electron chi connectivity index (χ3n) is 5.49. The lowest BCUT2D eigenvalue weighted by Gasteiger charge is -2.35. The predicted molar refractivity (Wildman–Crippen MR) is 128 cm³/mol. The van der Waals surface area contributed by atoms with Crippen molar-refractivity contribution >= 4 is 30.1 Å². The Hall–Kier alpha value is -3.33. The van der Waals surface area contributed by atoms with Crippen LogP contribution in [0.1, 0.15) is 26.3 Å². The lowest BCUT2D eigenvalue weighted by Crippen LogP contribution is -2.53. The highest BCUT2D eigenvalue weighted by Crippen LogP contribution is 2.22. The van der Waals surface area contributed by atoms with Crippen molar-refractivity contribution in [1.82, 2.24) is 10.2 Å². The Morgan fingerprint density at radius 3 is 2.80 bits per heavy atom. The van der Waals surface area contributed by atoms with Crippen molar-refractivity contribution in [1.29, 1.82) is 5.26 Å². The number of carbonyl (C=O) groups excluding carboxylic acids is 2. The molecule has 1 aliphatic heterocycles. The van der Waals surface area contributed by atoms with Crippen molar-refractivity contribution in [3.8, 4) is 6.07 Å². The van der Waals surface area contributed by atoms with Crippen molar-refractivity contribution in [2.45, 2.75) is 39.2 Å². The average Bonchev–Trinajstić information content (AvgIpc) is 3.22. The third-order valence-corrected chi connectivity index (χ3v) is 5.49. The zero-order valence-corrected chi connectivity index (χ0v) is 20.1. The number of nitriles is 1. The number of ether oxygens (including phenoxy) is 2. The zero-order chi connectivity index (χ0) is 25.6. The first kappa shape index (κ1) is 26.3. The molecule has 2 aromatic rings. The summed E-state index contributed by atoms with van der Waals surface area (Å²) in [4.78, 5) is 26.9. The standard InChI is InChI=1S/C24H30BN3O7/c1-24(2,3)11-17(12-26)22(29)28-8-9-33-14-18(28)15-35-23(30)27-21(25(31)32)10-16-13-34-20-7-5-4-6-19(16)20/h4-7,11,13,18,21,31-32H,8-10,14-15H2,1-3H3,(H,27,30)/b17-11-/t18-,21+/m1/s1. The van der Waals surface area contributed by atoms with Crippen LogP contribution in [0.4, 0.5) is 4.79 Å². The number of allylic oxidation sites excluding steroid dienone is 1. The van der Waals surface area contributed by atoms with Gasteiger partial charge >= 0.3 is 13.2 Å². The van der Waals surface area contributed by atoms with Crippen LogP contribution in [0.2, 0.25) is 0 Å². The average molecular weight is 483 g/mol. The molecule has 0 saturated carbocycles. The molecule has 3 N–H and O–H groups in total. The molecule has 0 spiro atoms. The molecule has 186 valence electrons. The highest BCUT2D eigenvalue weighted by molar-refractivity contribution is 6.43. The number of fused-ring (bicyclic) bond motifs is 1. The van der Waals surface area contributed by atoms with E-state index in [4.69, 9.17) is 13.9 Å². The normalized spacial score (nSPS) is 17.5. The van der Waals surface area contributed by atoms with Crippen molar-refractivity contribution in [3.05, 3.63) is 47.7 Å². The number of furan rings is 1. The maximum absolute atomic E-state index is 13.0. The number of carbonyl (C=O) groups is 2. The van der Waals surface area contributed by atoms with Gasteiger partial charge in [0.15, 0.2) is 0 Å². The molecule has 11 heteroatoms. The number of nitrogens with one attached hydrogen (secondary N) is 1. The fourth-order valence-corrected chi connectivity index (χ4v) is 3.81. The molecular weight excluding hydrogens is 453 g/mol. The quantitative estimate of drug-likeness (QED) is 0.307. The number of hydrogen-bond acceptors (Lipinski definition) is 8. The van der Waals surface area contributed by atoms with E-state index in [1.54, 1.807) is 12.1 Å². The molecule has 1 aromatic heterocycles. The van der Waals surface area contributed by atoms with Gasteiger partial charge in [-0.2, -0.15) is 5.26 Å². The van der Waals surface area contributed by atoms with E-state index in [1.165, 1.54) is 11.2 Å². The van der Waals surface area contributed by atoms with Gasteiger partial charge in [-0.1, -0.05) is 45.0 Å². The minimum absolute atomic E-state index is 0.0182. The minimum atomic E-state index is -1.84. The van der Waals surface area contributed by atoms with Crippen LogP contribution in [-0.4, -0.2) is 72.4 Å². The molecule has 1 aliphatic rings. The Kier molecular flexibility index (Phi) is 8.56. The summed E-state index contributed by atoms with van der Waals surface area (Å²) in [6.07, 6.45) is 2.35. The summed E-state index contributed by atoms with van der Waals surface area (Å²) in [5, 5.41) is 32.3. The molecule has 2 amide bonds. The maximum Gasteiger partial charge on any atom is 0.475 e. The van der Waals surface area contributed by atoms with E-state index in [1.807, 2.05) is 45.0 Å². The van der Waals surface area contributed by atoms with Crippen LogP contribution in [0.25, 0.3) is 11.0 Å². The van der Waals surface area contributed by atoms with Gasteiger partial charge in [0.05, 0.1) is 31.5 Å². The van der Waals surface area contributed by atoms with E-state index in [9.17, 15) is 24.9 Å². The summed E-state index contributed by atoms with van der Waals surface area (Å²) in [5.74, 6) is -1.50. The molecule has 0 radical (unpaired) electrons. The number of rotatable bonds is 7. The summed E-state index contributed by atoms with van der Waals surface area (Å²) in [7, 11) is -1.84. The molecule has 1 aromatic carbocycles. The van der Waals surface area contributed by atoms with Crippen molar-refractivity contribution in [2.24, 2.45) is 5.41 Å². The van der Waals surface area contributed by atoms with Crippen LogP contribution in [0.3, 0.4) is 0 Å². The first-order valence-electron chi connectivity index (χ1n) is 11.3. The van der Waals surface area contributed by atoms with E-state index in [0.29, 0.717) is 17.8 Å². The molecule has 0 unspecified atom stereocenters. The van der Waals surface area contributed by atoms with Gasteiger partial charge in [-0.25, -0.2) is 4.79 Å². The predicted octanol–water partition coefficient (Wildman–Crippen LogP) is 1.81. The van der Waals surface area contributed by atoms with Crippen molar-refractivity contribution in [2.75, 3.05) is 26.4 Å². The fraction of sp³-hybridized carbons (Fsp3) is 0.458. The van der Waals surface area contributed by atoms with Crippen LogP contribution in [-0.2, 0) is 20.7 Å². The summed E-state index contributed by atoms with van der Waals surface area (Å²) in [5.41, 5.74) is 1.01. The van der Waals surface area contributed by atoms with Crippen molar-refractivity contribution < 1.29 is 33.5 Å². The van der Waals surface area contributed by atoms with Gasteiger partial charge in [0.2, 0.25) is 0 Å². The zero-order valence-electron chi connectivity index (χ0n) is 20.1. The molecule has 3 rings (SSSR count). The Morgan fingerprint density at radius 1 is 1.37 bits per heavy atom. The molecule has 35 heavy (non-hydrogen) atoms. The second-order valence-corrected chi connectivity index (χ2v) is 9.49. The van der Waals surface area contributed by atoms with Crippen LogP contribution in [0, 0.1) is 16.7 Å². The Balaban J connectivity index is 1.62. The number of amides is 2. The molecular formula is C24H30BN3O7. The lowest BCUT2D eigenvalue weighted by atomic mass is 9.76. The molecule has 2 heterocycles. The first-order valence-corrected chi connectivity index (χ1v) is 11.3. The van der Waals surface area contributed by atoms with Crippen LogP contribution in [0.15, 0.2) is 46.6 Å². The summed E-state index contributed by atoms with van der Waals surface area (Å²) in [6, 6.07) is 8.66. The van der Waals surface area contributed by atoms with Gasteiger partial charge in [-0.3, -0.25) is 4.79 Å². The summed E-state index contributed by atoms with van der Waals surface area (Å²) >= 11 is 0. The van der Waals surface area contributed by atoms with E-state index in [0.717, 1.165) is 5.39 Å². The Morgan fingerprint density at radius 2 is 2.11 bits per heavy atom. The molecule has 2 atom stereocenters. The number of alkyl carbamates (subject to hydrolysis) is 1. The maximum atomic E-state index is 13.0. The molecule has 1 fully saturated rings. The van der Waals surface area contributed by atoms with E-state index >= 15 is 0 Å². The highest BCUT2D eigenvalue weighted by atomic mass is 16.6. The van der Waals surface area contributed by atoms with Crippen LogP contribution < -0.4 is 5.32 Å². The number of hydrogen-bond donors (Lipinski definition) is 3. The van der Waals surface area contributed by atoms with Gasteiger partial charge in [-0.05, 0) is 23.5 Å². The lowest BCUT2D eigenvalue weighted by molar-refractivity contribution is -0.137. The molecule has 0 bridgehead atoms. The number of para-hydroxylation sites is 1. The summed E-state index contributed by atoms with van der Waals surface area (Å²) < 4.78 is 16.2. The first-order chi connectivity index (χ1) is 16.6. The van der Waals surface area contributed by atoms with Gasteiger partial charge in [0.25, 0.3) is 5.91 Å². The molecule has 10 nitrogen and oxygen atoms in total. The third kappa shape index (κ3) is 7.08. The van der Waals surface area contributed by atoms with Crippen LogP contribution >= 0.6 is 0 Å². The number of nitrogens with zero attached hydrogens (tertiary/aromatic N) is 2. The smallest absolute Gasteiger partial charge is 0.464 e. The fourth-order valence-electron chi connectivity index (χ4n) is 3.81. The number of morpholine rings is 1. The van der Waals surface area contributed by atoms with Gasteiger partial charge < -0.3 is 34.2 Å². The number of benzene rings is 1. The monoisotopic (exact) mass is 483 g/mol. The van der Waals surface area contributed by atoms with Crippen LogP contribution in [0.5, 0.6) is 0 Å². The highest BCUT2D eigenvalue weighted by Gasteiger charge is 2.32. The SMILES string of the molecule is CC(C)(C)/C=C(/C#N)C(=O)N1CCOC[C@@H]1COC(=O)N[C@@H](Cc1coc2ccccc12)B(O)O. The van der Waals surface area contributed by atoms with Gasteiger partial charge in [-0.15, -0.1) is 0 Å². The topological polar surface area (TPSA) is 145 Å². The Bertz CT molecular complexity index is 1120. The van der Waals surface area contributed by atoms with E-state index in [-0.39, 0.29) is 37.2 Å². The van der Waals surface area contributed by atoms with Gasteiger partial charge in [0, 0.05) is 11.9 Å². The second-order valence-electron chi connectivity index (χ2n) is 9.49. The second kappa shape index (κ2) is 11.4. The van der Waals surface area contributed by atoms with E-state index in [2.05, 4.69) is 5.32 Å². The minimum Gasteiger partial charge on any atom is -0.464 e. The molecule has 1 saturated heterocycles. The molecule has 0 aliphatic carbocycles. The van der Waals surface area contributed by atoms with Gasteiger partial charge in [0.1, 0.15) is 23.8 Å². The van der Waals surface area contributed by atoms with E-state index < -0.39 is 31.1 Å². The summed E-state index contributed by atoms with van der Waals surface area (Å²) in [6.45, 7) is 6.18. The Labute approximate surface area is 204 Å². The van der Waals surface area contributed by atoms with Crippen molar-refractivity contribution in [3.63, 3.8) is 0 Å². The largest absolute Gasteiger partial charge is 0.475 e.